The molecule has 0 radical (unpaired) electrons. The van der Waals surface area contributed by atoms with E-state index in [1.165, 1.54) is 5.56 Å². The summed E-state index contributed by atoms with van der Waals surface area (Å²) in [6.45, 7) is 4.25. The van der Waals surface area contributed by atoms with Crippen LogP contribution >= 0.6 is 12.1 Å². The lowest BCUT2D eigenvalue weighted by Gasteiger charge is -2.03. The Morgan fingerprint density at radius 1 is 1.18 bits per heavy atom. The molecule has 1 aromatic rings. The van der Waals surface area contributed by atoms with Gasteiger partial charge in [-0.3, -0.25) is 0 Å². The van der Waals surface area contributed by atoms with E-state index in [9.17, 15) is 3.89 Å². The molecule has 0 aliphatic rings. The molecule has 0 unspecified atom stereocenters. The number of rotatable bonds is 2. The smallest absolute Gasteiger partial charge is 0.0812 e. The van der Waals surface area contributed by atoms with E-state index in [-0.39, 0.29) is 12.1 Å². The van der Waals surface area contributed by atoms with Crippen LogP contribution in [-0.4, -0.2) is 0 Å². The predicted octanol–water partition coefficient (Wildman–Crippen LogP) is 3.79. The average molecular weight is 170 g/mol. The Hall–Kier alpha value is -0.500. The third kappa shape index (κ3) is 2.22. The van der Waals surface area contributed by atoms with E-state index in [0.717, 1.165) is 0 Å². The molecule has 0 saturated heterocycles. The molecule has 0 aliphatic carbocycles. The van der Waals surface area contributed by atoms with E-state index in [0.29, 0.717) is 10.8 Å². The number of hydrogen-bond acceptors (Lipinski definition) is 1. The van der Waals surface area contributed by atoms with Crippen molar-refractivity contribution >= 4 is 12.1 Å². The maximum atomic E-state index is 12.0. The van der Waals surface area contributed by atoms with E-state index >= 15 is 0 Å². The fourth-order valence-corrected chi connectivity index (χ4v) is 1.14. The topological polar surface area (TPSA) is 0 Å². The minimum atomic E-state index is 0.289. The van der Waals surface area contributed by atoms with E-state index < -0.39 is 0 Å². The summed E-state index contributed by atoms with van der Waals surface area (Å²) in [7, 11) is 0. The van der Waals surface area contributed by atoms with Crippen molar-refractivity contribution in [3.05, 3.63) is 29.8 Å². The predicted molar refractivity (Wildman–Crippen MR) is 47.5 cm³/mol. The number of benzene rings is 1. The molecule has 1 aromatic carbocycles. The van der Waals surface area contributed by atoms with Crippen LogP contribution in [-0.2, 0) is 0 Å². The summed E-state index contributed by atoms with van der Waals surface area (Å²) in [4.78, 5) is 0.675. The van der Waals surface area contributed by atoms with Crippen molar-refractivity contribution in [2.75, 3.05) is 0 Å². The van der Waals surface area contributed by atoms with Crippen LogP contribution in [0.3, 0.4) is 0 Å². The van der Waals surface area contributed by atoms with Crippen LogP contribution in [0, 0.1) is 0 Å². The summed E-state index contributed by atoms with van der Waals surface area (Å²) in [5, 5.41) is 0. The SMILES string of the molecule is CC(C)c1ccc(SF)cc1. The van der Waals surface area contributed by atoms with Gasteiger partial charge in [-0.15, -0.1) is 0 Å². The Morgan fingerprint density at radius 3 is 2.09 bits per heavy atom. The zero-order chi connectivity index (χ0) is 8.27. The molecule has 11 heavy (non-hydrogen) atoms. The largest absolute Gasteiger partial charge is 0.160 e. The Morgan fingerprint density at radius 2 is 1.73 bits per heavy atom. The molecule has 0 fully saturated rings. The van der Waals surface area contributed by atoms with Gasteiger partial charge in [0.15, 0.2) is 0 Å². The maximum absolute atomic E-state index is 12.0. The van der Waals surface area contributed by atoms with Gasteiger partial charge in [0.1, 0.15) is 0 Å². The first-order valence-electron chi connectivity index (χ1n) is 3.62. The van der Waals surface area contributed by atoms with Crippen molar-refractivity contribution in [2.45, 2.75) is 24.7 Å². The molecule has 0 aromatic heterocycles. The van der Waals surface area contributed by atoms with Gasteiger partial charge in [-0.25, -0.2) is 0 Å². The molecular formula is C9H11FS. The van der Waals surface area contributed by atoms with E-state index in [2.05, 4.69) is 13.8 Å². The highest BCUT2D eigenvalue weighted by Gasteiger charge is 1.98. The first-order chi connectivity index (χ1) is 5.24. The molecule has 0 amide bonds. The van der Waals surface area contributed by atoms with Crippen molar-refractivity contribution in [3.8, 4) is 0 Å². The monoisotopic (exact) mass is 170 g/mol. The standard InChI is InChI=1S/C9H11FS/c1-7(2)8-3-5-9(11-10)6-4-8/h3-7H,1-2H3. The van der Waals surface area contributed by atoms with Gasteiger partial charge < -0.3 is 0 Å². The molecule has 0 spiro atoms. The second-order valence-corrected chi connectivity index (χ2v) is 3.43. The molecule has 0 atom stereocenters. The summed E-state index contributed by atoms with van der Waals surface area (Å²) in [6, 6.07) is 7.54. The summed E-state index contributed by atoms with van der Waals surface area (Å²) in [6.07, 6.45) is 0. The molecule has 0 aliphatic heterocycles. The maximum Gasteiger partial charge on any atom is 0.0812 e. The lowest BCUT2D eigenvalue weighted by Crippen LogP contribution is -1.84. The normalized spacial score (nSPS) is 10.5. The van der Waals surface area contributed by atoms with E-state index in [4.69, 9.17) is 0 Å². The molecule has 0 nitrogen and oxygen atoms in total. The molecule has 0 saturated carbocycles. The fraction of sp³-hybridized carbons (Fsp3) is 0.333. The van der Waals surface area contributed by atoms with Crippen molar-refractivity contribution in [2.24, 2.45) is 0 Å². The van der Waals surface area contributed by atoms with Crippen molar-refractivity contribution in [1.82, 2.24) is 0 Å². The first kappa shape index (κ1) is 8.60. The molecule has 0 heterocycles. The zero-order valence-corrected chi connectivity index (χ0v) is 7.49. The lowest BCUT2D eigenvalue weighted by molar-refractivity contribution is 0.863. The van der Waals surface area contributed by atoms with Crippen LogP contribution in [0.5, 0.6) is 0 Å². The highest BCUT2D eigenvalue weighted by atomic mass is 32.2. The molecule has 60 valence electrons. The molecule has 2 heteroatoms. The quantitative estimate of drug-likeness (QED) is 0.650. The second-order valence-electron chi connectivity index (χ2n) is 2.80. The van der Waals surface area contributed by atoms with Gasteiger partial charge in [-0.1, -0.05) is 26.0 Å². The minimum Gasteiger partial charge on any atom is -0.160 e. The summed E-state index contributed by atoms with van der Waals surface area (Å²) in [5.41, 5.74) is 1.25. The minimum absolute atomic E-state index is 0.289. The molecular weight excluding hydrogens is 159 g/mol. The van der Waals surface area contributed by atoms with Crippen LogP contribution < -0.4 is 0 Å². The zero-order valence-electron chi connectivity index (χ0n) is 6.67. The summed E-state index contributed by atoms with van der Waals surface area (Å²) >= 11 is 0.289. The Labute approximate surface area is 71.1 Å². The van der Waals surface area contributed by atoms with Crippen LogP contribution in [0.2, 0.25) is 0 Å². The fourth-order valence-electron chi connectivity index (χ4n) is 0.904. The van der Waals surface area contributed by atoms with E-state index in [1.54, 1.807) is 12.1 Å². The van der Waals surface area contributed by atoms with Crippen LogP contribution in [0.1, 0.15) is 25.3 Å². The number of halogens is 1. The van der Waals surface area contributed by atoms with Gasteiger partial charge in [-0.05, 0) is 23.6 Å². The number of hydrogen-bond donors (Lipinski definition) is 0. The highest BCUT2D eigenvalue weighted by molar-refractivity contribution is 7.94. The van der Waals surface area contributed by atoms with Crippen LogP contribution in [0.25, 0.3) is 0 Å². The van der Waals surface area contributed by atoms with Crippen LogP contribution in [0.15, 0.2) is 29.2 Å². The molecule has 0 bridgehead atoms. The van der Waals surface area contributed by atoms with Crippen molar-refractivity contribution in [3.63, 3.8) is 0 Å². The second kappa shape index (κ2) is 3.77. The van der Waals surface area contributed by atoms with Gasteiger partial charge in [0.2, 0.25) is 0 Å². The Bertz CT molecular complexity index is 216. The van der Waals surface area contributed by atoms with Gasteiger partial charge in [0, 0.05) is 4.90 Å². The van der Waals surface area contributed by atoms with Crippen LogP contribution in [0.4, 0.5) is 3.89 Å². The third-order valence-corrected chi connectivity index (χ3v) is 2.09. The third-order valence-electron chi connectivity index (χ3n) is 1.64. The summed E-state index contributed by atoms with van der Waals surface area (Å²) in [5.74, 6) is 0.522. The van der Waals surface area contributed by atoms with Crippen molar-refractivity contribution < 1.29 is 3.89 Å². The van der Waals surface area contributed by atoms with E-state index in [1.807, 2.05) is 12.1 Å². The Kier molecular flexibility index (Phi) is 2.94. The highest BCUT2D eigenvalue weighted by Crippen LogP contribution is 2.21. The Balaban J connectivity index is 2.83. The molecule has 0 N–H and O–H groups in total. The van der Waals surface area contributed by atoms with Gasteiger partial charge >= 0.3 is 0 Å². The van der Waals surface area contributed by atoms with Crippen molar-refractivity contribution in [1.29, 1.82) is 0 Å². The van der Waals surface area contributed by atoms with Gasteiger partial charge in [0.25, 0.3) is 0 Å². The molecule has 1 rings (SSSR count). The summed E-state index contributed by atoms with van der Waals surface area (Å²) < 4.78 is 12.0. The van der Waals surface area contributed by atoms with Gasteiger partial charge in [0.05, 0.1) is 12.1 Å². The van der Waals surface area contributed by atoms with Gasteiger partial charge in [-0.2, -0.15) is 3.89 Å². The lowest BCUT2D eigenvalue weighted by atomic mass is 10.0. The first-order valence-corrected chi connectivity index (χ1v) is 4.34. The average Bonchev–Trinajstić information content (AvgIpc) is 2.05.